The number of hydrogen-bond donors (Lipinski definition) is 2. The smallest absolute Gasteiger partial charge is 0.255 e. The van der Waals surface area contributed by atoms with E-state index in [4.69, 9.17) is 9.47 Å². The van der Waals surface area contributed by atoms with Gasteiger partial charge >= 0.3 is 0 Å². The molecule has 9 heteroatoms. The Bertz CT molecular complexity index is 1290. The molecule has 4 rings (SSSR count). The first-order valence-electron chi connectivity index (χ1n) is 9.70. The molecule has 0 spiro atoms. The zero-order valence-electron chi connectivity index (χ0n) is 17.4. The van der Waals surface area contributed by atoms with Crippen molar-refractivity contribution in [1.82, 2.24) is 25.5 Å². The van der Waals surface area contributed by atoms with Gasteiger partial charge in [-0.15, -0.1) is 0 Å². The van der Waals surface area contributed by atoms with Crippen LogP contribution in [-0.4, -0.2) is 40.3 Å². The minimum absolute atomic E-state index is 0.152. The fourth-order valence-electron chi connectivity index (χ4n) is 3.26. The van der Waals surface area contributed by atoms with Gasteiger partial charge in [-0.05, 0) is 35.9 Å². The van der Waals surface area contributed by atoms with Gasteiger partial charge in [0, 0.05) is 12.4 Å². The highest BCUT2D eigenvalue weighted by molar-refractivity contribution is 6.05. The van der Waals surface area contributed by atoms with Gasteiger partial charge in [-0.3, -0.25) is 19.9 Å². The molecule has 4 aromatic rings. The molecule has 8 nitrogen and oxygen atoms in total. The molecular formula is C23H20FN5O3. The van der Waals surface area contributed by atoms with Gasteiger partial charge in [-0.2, -0.15) is 5.10 Å². The van der Waals surface area contributed by atoms with Crippen LogP contribution in [0.15, 0.2) is 48.9 Å². The molecule has 0 aliphatic heterocycles. The van der Waals surface area contributed by atoms with Crippen LogP contribution in [0.1, 0.15) is 27.3 Å². The number of hydrogen-bond acceptors (Lipinski definition) is 6. The third-order valence-electron chi connectivity index (χ3n) is 4.81. The number of aromatic nitrogens is 4. The first-order valence-corrected chi connectivity index (χ1v) is 9.70. The summed E-state index contributed by atoms with van der Waals surface area (Å²) in [5.74, 6) is -0.203. The second kappa shape index (κ2) is 9.25. The number of halogens is 1. The van der Waals surface area contributed by atoms with E-state index in [0.717, 1.165) is 5.56 Å². The third kappa shape index (κ3) is 4.27. The molecule has 1 amide bonds. The lowest BCUT2D eigenvalue weighted by molar-refractivity contribution is 0.0947. The lowest BCUT2D eigenvalue weighted by Crippen LogP contribution is -2.24. The molecule has 2 N–H and O–H groups in total. The van der Waals surface area contributed by atoms with Crippen molar-refractivity contribution >= 4 is 29.0 Å². The Morgan fingerprint density at radius 3 is 2.78 bits per heavy atom. The summed E-state index contributed by atoms with van der Waals surface area (Å²) < 4.78 is 24.3. The summed E-state index contributed by atoms with van der Waals surface area (Å²) in [6, 6.07) is 7.99. The van der Waals surface area contributed by atoms with Gasteiger partial charge < -0.3 is 14.8 Å². The van der Waals surface area contributed by atoms with E-state index in [2.05, 4.69) is 25.5 Å². The Hall–Kier alpha value is -4.27. The maximum atomic E-state index is 13.7. The Labute approximate surface area is 183 Å². The van der Waals surface area contributed by atoms with E-state index in [1.807, 2.05) is 0 Å². The number of methoxy groups -OCH3 is 2. The molecule has 2 aromatic carbocycles. The molecular weight excluding hydrogens is 413 g/mol. The molecule has 32 heavy (non-hydrogen) atoms. The van der Waals surface area contributed by atoms with Gasteiger partial charge in [-0.25, -0.2) is 4.39 Å². The third-order valence-corrected chi connectivity index (χ3v) is 4.81. The maximum absolute atomic E-state index is 13.7. The zero-order chi connectivity index (χ0) is 22.5. The van der Waals surface area contributed by atoms with Crippen molar-refractivity contribution in [2.75, 3.05) is 14.2 Å². The predicted molar refractivity (Wildman–Crippen MR) is 118 cm³/mol. The van der Waals surface area contributed by atoms with Gasteiger partial charge in [0.1, 0.15) is 5.75 Å². The van der Waals surface area contributed by atoms with E-state index in [0.29, 0.717) is 33.6 Å². The van der Waals surface area contributed by atoms with Crippen molar-refractivity contribution in [1.29, 1.82) is 0 Å². The van der Waals surface area contributed by atoms with E-state index in [1.165, 1.54) is 20.3 Å². The number of nitrogens with one attached hydrogen (secondary N) is 2. The van der Waals surface area contributed by atoms with Crippen LogP contribution in [0.25, 0.3) is 23.1 Å². The number of ether oxygens (including phenoxy) is 2. The summed E-state index contributed by atoms with van der Waals surface area (Å²) in [7, 11) is 2.91. The number of amides is 1. The Morgan fingerprint density at radius 1 is 1.16 bits per heavy atom. The second-order valence-corrected chi connectivity index (χ2v) is 6.78. The average molecular weight is 433 g/mol. The first kappa shape index (κ1) is 21.0. The van der Waals surface area contributed by atoms with E-state index >= 15 is 0 Å². The normalized spacial score (nSPS) is 11.1. The van der Waals surface area contributed by atoms with E-state index in [-0.39, 0.29) is 18.2 Å². The molecule has 0 aliphatic rings. The number of rotatable bonds is 7. The van der Waals surface area contributed by atoms with Crippen molar-refractivity contribution in [3.8, 4) is 11.5 Å². The van der Waals surface area contributed by atoms with Crippen LogP contribution in [0.2, 0.25) is 0 Å². The minimum atomic E-state index is -0.436. The lowest BCUT2D eigenvalue weighted by atomic mass is 10.1. The Kier molecular flexibility index (Phi) is 6.07. The van der Waals surface area contributed by atoms with Gasteiger partial charge in [0.15, 0.2) is 11.6 Å². The number of fused-ring (bicyclic) bond motifs is 1. The van der Waals surface area contributed by atoms with Crippen LogP contribution < -0.4 is 14.8 Å². The number of H-pyrrole nitrogens is 1. The van der Waals surface area contributed by atoms with Crippen LogP contribution in [0.5, 0.6) is 11.5 Å². The first-order chi connectivity index (χ1) is 15.6. The summed E-state index contributed by atoms with van der Waals surface area (Å²) in [5, 5.41) is 10.7. The molecule has 0 fully saturated rings. The molecule has 162 valence electrons. The Morgan fingerprint density at radius 2 is 2.03 bits per heavy atom. The van der Waals surface area contributed by atoms with Crippen LogP contribution >= 0.6 is 0 Å². The van der Waals surface area contributed by atoms with Gasteiger partial charge in [0.05, 0.1) is 54.8 Å². The number of carbonyl (C=O) groups excluding carboxylic acids is 1. The molecule has 0 radical (unpaired) electrons. The molecule has 0 atom stereocenters. The fourth-order valence-corrected chi connectivity index (χ4v) is 3.26. The second-order valence-electron chi connectivity index (χ2n) is 6.78. The highest BCUT2D eigenvalue weighted by Gasteiger charge is 2.19. The number of aromatic amines is 1. The van der Waals surface area contributed by atoms with E-state index < -0.39 is 5.82 Å². The Balaban J connectivity index is 1.64. The molecule has 0 bridgehead atoms. The molecule has 0 saturated carbocycles. The number of carbonyl (C=O) groups is 1. The van der Waals surface area contributed by atoms with Crippen molar-refractivity contribution in [2.45, 2.75) is 6.54 Å². The van der Waals surface area contributed by atoms with Gasteiger partial charge in [0.2, 0.25) is 0 Å². The largest absolute Gasteiger partial charge is 0.495 e. The fraction of sp³-hybridized carbons (Fsp3) is 0.130. The molecule has 2 aromatic heterocycles. The summed E-state index contributed by atoms with van der Waals surface area (Å²) in [4.78, 5) is 21.0. The molecule has 2 heterocycles. The highest BCUT2D eigenvalue weighted by atomic mass is 19.1. The highest BCUT2D eigenvalue weighted by Crippen LogP contribution is 2.32. The summed E-state index contributed by atoms with van der Waals surface area (Å²) in [6.07, 6.45) is 8.25. The summed E-state index contributed by atoms with van der Waals surface area (Å²) in [5.41, 5.74) is 3.02. The van der Waals surface area contributed by atoms with Crippen molar-refractivity contribution in [2.24, 2.45) is 0 Å². The maximum Gasteiger partial charge on any atom is 0.255 e. The van der Waals surface area contributed by atoms with Gasteiger partial charge in [0.25, 0.3) is 5.91 Å². The zero-order valence-corrected chi connectivity index (χ0v) is 17.4. The predicted octanol–water partition coefficient (Wildman–Crippen LogP) is 3.61. The van der Waals surface area contributed by atoms with Crippen molar-refractivity contribution in [3.63, 3.8) is 0 Å². The van der Waals surface area contributed by atoms with Crippen molar-refractivity contribution < 1.29 is 18.7 Å². The standard InChI is InChI=1S/C23H20FN5O3/c1-31-20-11-14(3-6-17(20)24)4-7-18-21-19(29-28-18)8-5-16(22(21)32-2)23(30)27-13-15-12-25-9-10-26-15/h3-12H,13H2,1-2H3,(H,27,30)(H,28,29). The topological polar surface area (TPSA) is 102 Å². The van der Waals surface area contributed by atoms with E-state index in [9.17, 15) is 9.18 Å². The molecule has 0 aliphatic carbocycles. The quantitative estimate of drug-likeness (QED) is 0.462. The van der Waals surface area contributed by atoms with Gasteiger partial charge in [-0.1, -0.05) is 12.1 Å². The van der Waals surface area contributed by atoms with Crippen molar-refractivity contribution in [3.05, 3.63) is 77.3 Å². The molecule has 0 saturated heterocycles. The number of benzene rings is 2. The SMILES string of the molecule is COc1cc(C=Cc2n[nH]c3ccc(C(=O)NCc4cnccn4)c(OC)c23)ccc1F. The molecule has 0 unspecified atom stereocenters. The lowest BCUT2D eigenvalue weighted by Gasteiger charge is -2.10. The minimum Gasteiger partial charge on any atom is -0.495 e. The van der Waals surface area contributed by atoms with E-state index in [1.54, 1.807) is 55.0 Å². The average Bonchev–Trinajstić information content (AvgIpc) is 3.25. The van der Waals surface area contributed by atoms with Crippen LogP contribution in [0.3, 0.4) is 0 Å². The van der Waals surface area contributed by atoms with Crippen LogP contribution in [0, 0.1) is 5.82 Å². The number of nitrogens with zero attached hydrogens (tertiary/aromatic N) is 3. The summed E-state index contributed by atoms with van der Waals surface area (Å²) >= 11 is 0. The summed E-state index contributed by atoms with van der Waals surface area (Å²) in [6.45, 7) is 0.235. The van der Waals surface area contributed by atoms with Crippen LogP contribution in [-0.2, 0) is 6.54 Å². The monoisotopic (exact) mass is 433 g/mol. The van der Waals surface area contributed by atoms with Crippen LogP contribution in [0.4, 0.5) is 4.39 Å².